The van der Waals surface area contributed by atoms with E-state index in [0.717, 1.165) is 0 Å². The largest absolute Gasteiger partial charge is 0.345 e. The average Bonchev–Trinajstić information content (AvgIpc) is 2.51. The van der Waals surface area contributed by atoms with Gasteiger partial charge < -0.3 is 4.23 Å². The highest BCUT2D eigenvalue weighted by Crippen LogP contribution is 2.36. The van der Waals surface area contributed by atoms with Gasteiger partial charge in [0.2, 0.25) is 0 Å². The molecule has 0 unspecified atom stereocenters. The molecule has 0 spiro atoms. The second-order valence-corrected chi connectivity index (χ2v) is 17.1. The van der Waals surface area contributed by atoms with Gasteiger partial charge in [-0.25, -0.2) is 0 Å². The van der Waals surface area contributed by atoms with E-state index in [0.29, 0.717) is 0 Å². The Bertz CT molecular complexity index is 199. The van der Waals surface area contributed by atoms with Gasteiger partial charge in [-0.1, -0.05) is 61.3 Å². The summed E-state index contributed by atoms with van der Waals surface area (Å²) in [5.74, 6) is 0. The van der Waals surface area contributed by atoms with Crippen LogP contribution in [0.2, 0.25) is 36.3 Å². The zero-order chi connectivity index (χ0) is 15.6. The molecule has 0 aromatic heterocycles. The molecule has 0 aliphatic carbocycles. The predicted molar refractivity (Wildman–Crippen MR) is 101 cm³/mol. The Labute approximate surface area is 131 Å². The molecule has 0 aromatic carbocycles. The Morgan fingerprint density at radius 2 is 0.900 bits per heavy atom. The second-order valence-electron chi connectivity index (χ2n) is 6.43. The van der Waals surface area contributed by atoms with E-state index in [9.17, 15) is 0 Å². The first-order valence-electron chi connectivity index (χ1n) is 9.33. The van der Waals surface area contributed by atoms with Gasteiger partial charge in [0.15, 0.2) is 0 Å². The molecule has 0 fully saturated rings. The molecular weight excluding hydrogens is 274 g/mol. The van der Waals surface area contributed by atoms with E-state index in [1.54, 1.807) is 0 Å². The van der Waals surface area contributed by atoms with Gasteiger partial charge in [0.1, 0.15) is 16.5 Å². The van der Waals surface area contributed by atoms with Crippen LogP contribution in [-0.4, -0.2) is 27.2 Å². The van der Waals surface area contributed by atoms with Crippen molar-refractivity contribution in [3.63, 3.8) is 0 Å². The zero-order valence-electron chi connectivity index (χ0n) is 15.5. The van der Waals surface area contributed by atoms with Crippen LogP contribution in [0.3, 0.4) is 0 Å². The first kappa shape index (κ1) is 20.4. The maximum atomic E-state index is 3.22. The van der Waals surface area contributed by atoms with Crippen LogP contribution in [0.15, 0.2) is 0 Å². The molecule has 0 aliphatic heterocycles. The minimum atomic E-state index is -1.20. The van der Waals surface area contributed by atoms with E-state index >= 15 is 0 Å². The summed E-state index contributed by atoms with van der Waals surface area (Å²) < 4.78 is 3.22. The van der Waals surface area contributed by atoms with Crippen molar-refractivity contribution in [1.82, 2.24) is 4.23 Å². The van der Waals surface area contributed by atoms with Crippen LogP contribution in [0.5, 0.6) is 0 Å². The Morgan fingerprint density at radius 3 is 1.15 bits per heavy atom. The highest BCUT2D eigenvalue weighted by molar-refractivity contribution is 6.92. The predicted octanol–water partition coefficient (Wildman–Crippen LogP) is 6.49. The van der Waals surface area contributed by atoms with Crippen molar-refractivity contribution in [2.75, 3.05) is 6.54 Å². The van der Waals surface area contributed by atoms with E-state index in [2.05, 4.69) is 52.7 Å². The van der Waals surface area contributed by atoms with E-state index in [4.69, 9.17) is 0 Å². The van der Waals surface area contributed by atoms with Crippen LogP contribution in [0.25, 0.3) is 0 Å². The number of unbranched alkanes of at least 4 members (excludes halogenated alkanes) is 2. The third-order valence-electron chi connectivity index (χ3n) is 6.08. The number of rotatable bonds is 12. The van der Waals surface area contributed by atoms with Gasteiger partial charge in [-0.05, 0) is 49.2 Å². The van der Waals surface area contributed by atoms with Crippen LogP contribution in [0, 0.1) is 0 Å². The lowest BCUT2D eigenvalue weighted by molar-refractivity contribution is 0.532. The topological polar surface area (TPSA) is 3.24 Å². The molecule has 0 saturated carbocycles. The maximum absolute atomic E-state index is 3.22. The lowest BCUT2D eigenvalue weighted by Gasteiger charge is -2.52. The van der Waals surface area contributed by atoms with Crippen molar-refractivity contribution >= 4 is 16.5 Å². The summed E-state index contributed by atoms with van der Waals surface area (Å²) >= 11 is 0. The molecule has 0 aromatic rings. The SMILES string of the molecule is CCCCCN([Si](CC)(CC)CC)[Si](CC)(CC)CC. The fourth-order valence-corrected chi connectivity index (χ4v) is 17.6. The molecule has 0 bridgehead atoms. The van der Waals surface area contributed by atoms with Crippen LogP contribution >= 0.6 is 0 Å². The molecule has 0 rings (SSSR count). The molecule has 0 saturated heterocycles. The average molecular weight is 316 g/mol. The Hall–Kier alpha value is 0.394. The zero-order valence-corrected chi connectivity index (χ0v) is 17.5. The van der Waals surface area contributed by atoms with Gasteiger partial charge in [-0.15, -0.1) is 0 Å². The summed E-state index contributed by atoms with van der Waals surface area (Å²) in [7, 11) is -2.40. The van der Waals surface area contributed by atoms with Crippen LogP contribution in [0.4, 0.5) is 0 Å². The summed E-state index contributed by atoms with van der Waals surface area (Å²) in [4.78, 5) is 0. The first-order valence-corrected chi connectivity index (χ1v) is 14.5. The third kappa shape index (κ3) is 4.44. The van der Waals surface area contributed by atoms with Crippen LogP contribution < -0.4 is 0 Å². The van der Waals surface area contributed by atoms with Gasteiger partial charge >= 0.3 is 0 Å². The van der Waals surface area contributed by atoms with Crippen molar-refractivity contribution in [3.8, 4) is 0 Å². The van der Waals surface area contributed by atoms with Crippen LogP contribution in [-0.2, 0) is 0 Å². The minimum Gasteiger partial charge on any atom is -0.345 e. The molecule has 0 atom stereocenters. The Morgan fingerprint density at radius 1 is 0.550 bits per heavy atom. The summed E-state index contributed by atoms with van der Waals surface area (Å²) in [6.45, 7) is 18.6. The molecule has 0 heterocycles. The summed E-state index contributed by atoms with van der Waals surface area (Å²) in [6, 6.07) is 8.76. The molecular formula is C17H41NSi2. The number of nitrogens with zero attached hydrogens (tertiary/aromatic N) is 1. The van der Waals surface area contributed by atoms with Crippen molar-refractivity contribution in [2.45, 2.75) is 104 Å². The van der Waals surface area contributed by atoms with E-state index in [-0.39, 0.29) is 0 Å². The molecule has 0 N–H and O–H groups in total. The van der Waals surface area contributed by atoms with E-state index in [1.165, 1.54) is 62.1 Å². The number of hydrogen-bond donors (Lipinski definition) is 0. The smallest absolute Gasteiger partial charge is 0.120 e. The van der Waals surface area contributed by atoms with Gasteiger partial charge in [-0.3, -0.25) is 0 Å². The molecule has 0 radical (unpaired) electrons. The number of hydrogen-bond acceptors (Lipinski definition) is 1. The standard InChI is InChI=1S/C17H41NSi2/c1-8-15-16-17-18(19(9-2,10-3)11-4)20(12-5,13-6)14-7/h8-17H2,1-7H3. The minimum absolute atomic E-state index is 1.20. The lowest BCUT2D eigenvalue weighted by Crippen LogP contribution is -2.66. The Kier molecular flexibility index (Phi) is 10.4. The summed E-state index contributed by atoms with van der Waals surface area (Å²) in [5.41, 5.74) is 0. The van der Waals surface area contributed by atoms with Crippen molar-refractivity contribution in [3.05, 3.63) is 0 Å². The van der Waals surface area contributed by atoms with Gasteiger partial charge in [0.05, 0.1) is 0 Å². The van der Waals surface area contributed by atoms with Crippen molar-refractivity contribution < 1.29 is 0 Å². The second kappa shape index (κ2) is 10.2. The monoisotopic (exact) mass is 315 g/mol. The molecule has 3 heteroatoms. The van der Waals surface area contributed by atoms with Gasteiger partial charge in [0.25, 0.3) is 0 Å². The van der Waals surface area contributed by atoms with Gasteiger partial charge in [-0.2, -0.15) is 0 Å². The highest BCUT2D eigenvalue weighted by Gasteiger charge is 2.45. The van der Waals surface area contributed by atoms with Crippen molar-refractivity contribution in [1.29, 1.82) is 0 Å². The maximum Gasteiger partial charge on any atom is 0.120 e. The van der Waals surface area contributed by atoms with E-state index < -0.39 is 16.5 Å². The molecule has 122 valence electrons. The summed E-state index contributed by atoms with van der Waals surface area (Å²) in [5, 5.41) is 0. The van der Waals surface area contributed by atoms with Crippen LogP contribution in [0.1, 0.15) is 67.7 Å². The quantitative estimate of drug-likeness (QED) is 0.294. The lowest BCUT2D eigenvalue weighted by atomic mass is 10.3. The third-order valence-corrected chi connectivity index (χ3v) is 19.6. The molecule has 20 heavy (non-hydrogen) atoms. The molecule has 0 aliphatic rings. The van der Waals surface area contributed by atoms with Crippen molar-refractivity contribution in [2.24, 2.45) is 0 Å². The fourth-order valence-electron chi connectivity index (χ4n) is 4.14. The highest BCUT2D eigenvalue weighted by atomic mass is 28.4. The fraction of sp³-hybridized carbons (Fsp3) is 1.00. The Balaban J connectivity index is 5.43. The first-order chi connectivity index (χ1) is 9.56. The van der Waals surface area contributed by atoms with E-state index in [1.807, 2.05) is 0 Å². The van der Waals surface area contributed by atoms with Gasteiger partial charge in [0, 0.05) is 0 Å². The molecule has 0 amide bonds. The molecule has 1 nitrogen and oxygen atoms in total. The summed E-state index contributed by atoms with van der Waals surface area (Å²) in [6.07, 6.45) is 4.20. The normalized spacial score (nSPS) is 13.2.